The van der Waals surface area contributed by atoms with Crippen LogP contribution < -0.4 is 30.2 Å². The van der Waals surface area contributed by atoms with Gasteiger partial charge >= 0.3 is 0 Å². The molecule has 20 heteroatoms. The SMILES string of the molecule is COc1ccc(C[C@@H]2C(=O)N[C@@H](C)C(=O)N(C)[C@@H]3Cc4ccc(cc4)Oc4cc(ccc4O[C@H]4O[C@@H](CO)[C@H](O)[C@@H](O)[C@@H]4O)C[C@@H](C(=O)N[C@H](C)C(=O)N[C@H](C)C(=O)N2C)N(C)C3=O)cc1. The number of rotatable bonds is 6. The van der Waals surface area contributed by atoms with E-state index in [0.29, 0.717) is 28.2 Å². The number of ether oxygens (including phenoxy) is 4. The zero-order valence-corrected chi connectivity index (χ0v) is 37.7. The van der Waals surface area contributed by atoms with Gasteiger partial charge in [-0.1, -0.05) is 30.3 Å². The van der Waals surface area contributed by atoms with Crippen molar-refractivity contribution in [3.63, 3.8) is 0 Å². The second kappa shape index (κ2) is 20.9. The number of fused-ring (bicyclic) bond motifs is 2. The molecule has 3 aromatic carbocycles. The number of aliphatic hydroxyl groups excluding tert-OH is 4. The van der Waals surface area contributed by atoms with Gasteiger partial charge in [0.2, 0.25) is 41.7 Å². The van der Waals surface area contributed by atoms with Crippen molar-refractivity contribution in [2.75, 3.05) is 34.9 Å². The van der Waals surface area contributed by atoms with Gasteiger partial charge in [-0.25, -0.2) is 0 Å². The highest BCUT2D eigenvalue weighted by atomic mass is 16.7. The van der Waals surface area contributed by atoms with E-state index < -0.39 is 109 Å². The Morgan fingerprint density at radius 3 is 1.86 bits per heavy atom. The van der Waals surface area contributed by atoms with Gasteiger partial charge in [-0.3, -0.25) is 28.8 Å². The van der Waals surface area contributed by atoms with Gasteiger partial charge in [0, 0.05) is 40.4 Å². The summed E-state index contributed by atoms with van der Waals surface area (Å²) in [5, 5.41) is 49.2. The van der Waals surface area contributed by atoms with E-state index in [9.17, 15) is 49.2 Å². The maximum Gasteiger partial charge on any atom is 0.246 e. The highest BCUT2D eigenvalue weighted by Gasteiger charge is 2.45. The molecule has 0 spiro atoms. The minimum absolute atomic E-state index is 0.00547. The fourth-order valence-corrected chi connectivity index (χ4v) is 8.05. The molecule has 2 saturated heterocycles. The van der Waals surface area contributed by atoms with Gasteiger partial charge in [0.05, 0.1) is 13.7 Å². The van der Waals surface area contributed by atoms with Gasteiger partial charge < -0.3 is 70.0 Å². The highest BCUT2D eigenvalue weighted by molar-refractivity contribution is 5.98. The second-order valence-corrected chi connectivity index (χ2v) is 16.9. The molecule has 356 valence electrons. The maximum absolute atomic E-state index is 14.9. The largest absolute Gasteiger partial charge is 0.497 e. The average Bonchev–Trinajstić information content (AvgIpc) is 3.30. The van der Waals surface area contributed by atoms with Crippen molar-refractivity contribution in [2.24, 2.45) is 0 Å². The summed E-state index contributed by atoms with van der Waals surface area (Å²) in [5.41, 5.74) is 1.67. The molecule has 11 atom stereocenters. The van der Waals surface area contributed by atoms with Crippen molar-refractivity contribution in [3.05, 3.63) is 83.4 Å². The van der Waals surface area contributed by atoms with E-state index >= 15 is 0 Å². The Labute approximate surface area is 381 Å². The van der Waals surface area contributed by atoms with E-state index in [-0.39, 0.29) is 30.8 Å². The summed E-state index contributed by atoms with van der Waals surface area (Å²) < 4.78 is 23.1. The topological polar surface area (TPSA) is 266 Å². The van der Waals surface area contributed by atoms with E-state index in [1.165, 1.54) is 75.9 Å². The van der Waals surface area contributed by atoms with Gasteiger partial charge in [0.1, 0.15) is 72.2 Å². The summed E-state index contributed by atoms with van der Waals surface area (Å²) >= 11 is 0. The Kier molecular flexibility index (Phi) is 15.5. The second-order valence-electron chi connectivity index (χ2n) is 16.9. The molecule has 0 aromatic heterocycles. The lowest BCUT2D eigenvalue weighted by atomic mass is 9.98. The Morgan fingerprint density at radius 1 is 0.652 bits per heavy atom. The van der Waals surface area contributed by atoms with Gasteiger partial charge in [-0.15, -0.1) is 0 Å². The smallest absolute Gasteiger partial charge is 0.246 e. The number of nitrogens with one attached hydrogen (secondary N) is 3. The first-order valence-electron chi connectivity index (χ1n) is 21.5. The number of likely N-dealkylation sites (N-methyl/N-ethyl adjacent to an activating group) is 3. The van der Waals surface area contributed by atoms with Crippen LogP contribution in [0.25, 0.3) is 0 Å². The summed E-state index contributed by atoms with van der Waals surface area (Å²) in [6.07, 6.45) is -8.08. The Balaban J connectivity index is 1.38. The van der Waals surface area contributed by atoms with E-state index in [0.717, 1.165) is 0 Å². The third-order valence-electron chi connectivity index (χ3n) is 12.2. The average molecular weight is 919 g/mol. The van der Waals surface area contributed by atoms with Crippen LogP contribution >= 0.6 is 0 Å². The molecule has 7 rings (SSSR count). The van der Waals surface area contributed by atoms with Gasteiger partial charge in [-0.05, 0) is 73.9 Å². The molecular formula is C46H58N6O14. The van der Waals surface area contributed by atoms with Crippen molar-refractivity contribution in [1.82, 2.24) is 30.7 Å². The van der Waals surface area contributed by atoms with Crippen LogP contribution in [-0.2, 0) is 52.8 Å². The molecule has 0 aliphatic carbocycles. The zero-order chi connectivity index (χ0) is 48.1. The maximum atomic E-state index is 14.9. The first kappa shape index (κ1) is 49.1. The Bertz CT molecular complexity index is 2260. The van der Waals surface area contributed by atoms with Crippen molar-refractivity contribution in [3.8, 4) is 23.0 Å². The van der Waals surface area contributed by atoms with E-state index in [2.05, 4.69) is 16.0 Å². The van der Waals surface area contributed by atoms with E-state index in [4.69, 9.17) is 18.9 Å². The first-order valence-corrected chi connectivity index (χ1v) is 21.5. The van der Waals surface area contributed by atoms with Crippen molar-refractivity contribution in [1.29, 1.82) is 0 Å². The fraction of sp³-hybridized carbons (Fsp3) is 0.478. The molecule has 0 saturated carbocycles. The number of nitrogens with zero attached hydrogens (tertiary/aromatic N) is 3. The van der Waals surface area contributed by atoms with Crippen LogP contribution in [0.1, 0.15) is 37.5 Å². The summed E-state index contributed by atoms with van der Waals surface area (Å²) in [6, 6.07) is 10.7. The molecule has 4 aliphatic rings. The lowest BCUT2D eigenvalue weighted by Gasteiger charge is -2.39. The predicted octanol–water partition coefficient (Wildman–Crippen LogP) is -0.984. The summed E-state index contributed by atoms with van der Waals surface area (Å²) in [5.74, 6) is -3.10. The number of amides is 6. The first-order chi connectivity index (χ1) is 31.3. The highest BCUT2D eigenvalue weighted by Crippen LogP contribution is 2.36. The van der Waals surface area contributed by atoms with E-state index in [1.807, 2.05) is 0 Å². The molecule has 3 aromatic rings. The number of aliphatic hydroxyl groups is 4. The number of benzene rings is 3. The number of hydrogen-bond acceptors (Lipinski definition) is 14. The Hall–Kier alpha value is -6.32. The molecule has 0 unspecified atom stereocenters. The standard InChI is InChI=1S/C46H58N6O14/c1-23-40(57)48-24(2)43(60)50(4)31(18-26-8-13-29(63-7)14-9-26)42(59)49-25(3)44(61)52(6)33-19-27-10-15-30(16-11-27)64-35-21-28(20-32(41(58)47-23)51(5)45(33)62)12-17-34(35)65-46-39(56)38(55)37(54)36(22-53)66-46/h8-17,21,23-25,31-33,36-39,46,53-56H,18-20,22H2,1-7H3,(H,47,58)(H,48,57)(H,49,59)/t23-,24-,25+,31-,32+,33-,36+,37+,38-,39+,46+/m1/s1. The van der Waals surface area contributed by atoms with Gasteiger partial charge in [-0.2, -0.15) is 0 Å². The van der Waals surface area contributed by atoms with Crippen molar-refractivity contribution in [2.45, 2.75) is 107 Å². The molecular weight excluding hydrogens is 861 g/mol. The normalized spacial score (nSPS) is 29.5. The lowest BCUT2D eigenvalue weighted by molar-refractivity contribution is -0.277. The molecule has 2 fully saturated rings. The van der Waals surface area contributed by atoms with Crippen LogP contribution in [0.5, 0.6) is 23.0 Å². The van der Waals surface area contributed by atoms with Crippen LogP contribution in [-0.4, -0.2) is 172 Å². The predicted molar refractivity (Wildman–Crippen MR) is 234 cm³/mol. The number of carbonyl (C=O) groups is 6. The third-order valence-corrected chi connectivity index (χ3v) is 12.2. The van der Waals surface area contributed by atoms with Gasteiger partial charge in [0.15, 0.2) is 11.5 Å². The summed E-state index contributed by atoms with van der Waals surface area (Å²) in [6.45, 7) is 3.63. The molecule has 4 heterocycles. The molecule has 7 N–H and O–H groups in total. The van der Waals surface area contributed by atoms with Crippen molar-refractivity contribution >= 4 is 35.4 Å². The Morgan fingerprint density at radius 2 is 1.23 bits per heavy atom. The number of hydrogen-bond donors (Lipinski definition) is 7. The molecule has 4 aliphatic heterocycles. The molecule has 20 nitrogen and oxygen atoms in total. The zero-order valence-electron chi connectivity index (χ0n) is 37.7. The van der Waals surface area contributed by atoms with E-state index in [1.54, 1.807) is 54.6 Å². The number of methoxy groups -OCH3 is 1. The van der Waals surface area contributed by atoms with Crippen LogP contribution in [0.15, 0.2) is 66.7 Å². The fourth-order valence-electron chi connectivity index (χ4n) is 8.05. The third kappa shape index (κ3) is 10.9. The molecule has 0 radical (unpaired) electrons. The monoisotopic (exact) mass is 918 g/mol. The van der Waals surface area contributed by atoms with Crippen LogP contribution in [0, 0.1) is 0 Å². The summed E-state index contributed by atoms with van der Waals surface area (Å²) in [7, 11) is 5.76. The minimum Gasteiger partial charge on any atom is -0.497 e. The minimum atomic E-state index is -1.73. The lowest BCUT2D eigenvalue weighted by Crippen LogP contribution is -2.61. The number of carbonyl (C=O) groups excluding carboxylic acids is 6. The quantitative estimate of drug-likeness (QED) is 0.157. The van der Waals surface area contributed by atoms with Crippen LogP contribution in [0.4, 0.5) is 0 Å². The molecule has 6 bridgehead atoms. The van der Waals surface area contributed by atoms with Crippen LogP contribution in [0.2, 0.25) is 0 Å². The van der Waals surface area contributed by atoms with Crippen LogP contribution in [0.3, 0.4) is 0 Å². The molecule has 6 amide bonds. The summed E-state index contributed by atoms with van der Waals surface area (Å²) in [4.78, 5) is 89.0. The van der Waals surface area contributed by atoms with Crippen molar-refractivity contribution < 1.29 is 68.1 Å². The van der Waals surface area contributed by atoms with Gasteiger partial charge in [0.25, 0.3) is 0 Å². The molecule has 66 heavy (non-hydrogen) atoms.